The summed E-state index contributed by atoms with van der Waals surface area (Å²) in [5.74, 6) is -0.0925. The van der Waals surface area contributed by atoms with Gasteiger partial charge in [0.2, 0.25) is 0 Å². The Morgan fingerprint density at radius 1 is 1.39 bits per heavy atom. The summed E-state index contributed by atoms with van der Waals surface area (Å²) in [6, 6.07) is 0. The number of carbonyl (C=O) groups excluding carboxylic acids is 1. The fourth-order valence-corrected chi connectivity index (χ4v) is 2.53. The third-order valence-corrected chi connectivity index (χ3v) is 3.74. The van der Waals surface area contributed by atoms with E-state index in [0.717, 1.165) is 5.01 Å². The van der Waals surface area contributed by atoms with Crippen LogP contribution in [0.1, 0.15) is 49.3 Å². The number of rotatable bonds is 3. The molecular weight excluding hydrogens is 248 g/mol. The molecule has 0 aliphatic heterocycles. The second-order valence-electron chi connectivity index (χ2n) is 6.25. The Morgan fingerprint density at radius 2 is 1.94 bits per heavy atom. The van der Waals surface area contributed by atoms with Gasteiger partial charge in [-0.2, -0.15) is 0 Å². The maximum atomic E-state index is 12.1. The number of hydrogen-bond donors (Lipinski definition) is 1. The molecular formula is C13H22N2O2S. The normalized spacial score (nSPS) is 12.6. The van der Waals surface area contributed by atoms with Crippen molar-refractivity contribution in [3.05, 3.63) is 16.1 Å². The predicted molar refractivity (Wildman–Crippen MR) is 74.1 cm³/mol. The zero-order valence-electron chi connectivity index (χ0n) is 11.9. The van der Waals surface area contributed by atoms with E-state index in [0.29, 0.717) is 11.4 Å². The maximum absolute atomic E-state index is 12.1. The lowest BCUT2D eigenvalue weighted by molar-refractivity contribution is 0.0370. The van der Waals surface area contributed by atoms with Crippen molar-refractivity contribution in [2.24, 2.45) is 0 Å². The van der Waals surface area contributed by atoms with Crippen molar-refractivity contribution < 1.29 is 9.90 Å². The van der Waals surface area contributed by atoms with Crippen molar-refractivity contribution in [3.63, 3.8) is 0 Å². The fraction of sp³-hybridized carbons (Fsp3) is 0.692. The van der Waals surface area contributed by atoms with Crippen molar-refractivity contribution in [2.45, 2.75) is 45.6 Å². The molecule has 0 fully saturated rings. The third kappa shape index (κ3) is 4.07. The smallest absolute Gasteiger partial charge is 0.265 e. The summed E-state index contributed by atoms with van der Waals surface area (Å²) in [6.45, 7) is 9.88. The highest BCUT2D eigenvalue weighted by Gasteiger charge is 2.24. The topological polar surface area (TPSA) is 53.4 Å². The van der Waals surface area contributed by atoms with Crippen LogP contribution in [0.2, 0.25) is 0 Å². The molecule has 102 valence electrons. The summed E-state index contributed by atoms with van der Waals surface area (Å²) < 4.78 is 0. The Bertz CT molecular complexity index is 427. The second-order valence-corrected chi connectivity index (χ2v) is 7.28. The van der Waals surface area contributed by atoms with Crippen molar-refractivity contribution >= 4 is 17.2 Å². The Balaban J connectivity index is 2.82. The van der Waals surface area contributed by atoms with Gasteiger partial charge in [0.15, 0.2) is 0 Å². The molecule has 1 rings (SSSR count). The molecule has 1 amide bonds. The molecule has 0 bridgehead atoms. The Kier molecular flexibility index (Phi) is 4.18. The average Bonchev–Trinajstić information content (AvgIpc) is 2.61. The fourth-order valence-electron chi connectivity index (χ4n) is 1.56. The van der Waals surface area contributed by atoms with E-state index in [9.17, 15) is 9.90 Å². The lowest BCUT2D eigenvalue weighted by atomic mass is 9.98. The number of aromatic nitrogens is 1. The molecule has 4 nitrogen and oxygen atoms in total. The van der Waals surface area contributed by atoms with Crippen molar-refractivity contribution in [3.8, 4) is 0 Å². The van der Waals surface area contributed by atoms with Crippen molar-refractivity contribution in [2.75, 3.05) is 13.6 Å². The highest BCUT2D eigenvalue weighted by atomic mass is 32.1. The first-order valence-corrected chi connectivity index (χ1v) is 6.76. The van der Waals surface area contributed by atoms with E-state index in [2.05, 4.69) is 25.8 Å². The molecule has 0 aliphatic carbocycles. The van der Waals surface area contributed by atoms with Crippen LogP contribution in [0.25, 0.3) is 0 Å². The van der Waals surface area contributed by atoms with Crippen LogP contribution in [-0.4, -0.2) is 40.1 Å². The SMILES string of the molecule is CN(CC(C)(C)O)C(=O)c1cnc(C(C)(C)C)s1. The molecule has 0 aliphatic rings. The average molecular weight is 270 g/mol. The van der Waals surface area contributed by atoms with Crippen LogP contribution in [0, 0.1) is 0 Å². The molecule has 1 aromatic rings. The molecule has 1 heterocycles. The Hall–Kier alpha value is -0.940. The Labute approximate surface area is 113 Å². The van der Waals surface area contributed by atoms with Gasteiger partial charge in [-0.15, -0.1) is 11.3 Å². The highest BCUT2D eigenvalue weighted by Crippen LogP contribution is 2.27. The van der Waals surface area contributed by atoms with Gasteiger partial charge in [-0.1, -0.05) is 20.8 Å². The van der Waals surface area contributed by atoms with E-state index >= 15 is 0 Å². The van der Waals surface area contributed by atoms with E-state index in [1.165, 1.54) is 16.2 Å². The maximum Gasteiger partial charge on any atom is 0.265 e. The Morgan fingerprint density at radius 3 is 2.33 bits per heavy atom. The molecule has 0 unspecified atom stereocenters. The summed E-state index contributed by atoms with van der Waals surface area (Å²) in [5, 5.41) is 10.7. The van der Waals surface area contributed by atoms with Crippen LogP contribution in [0.3, 0.4) is 0 Å². The van der Waals surface area contributed by atoms with Gasteiger partial charge in [0.25, 0.3) is 5.91 Å². The van der Waals surface area contributed by atoms with Crippen molar-refractivity contribution in [1.29, 1.82) is 0 Å². The highest BCUT2D eigenvalue weighted by molar-refractivity contribution is 7.13. The molecule has 0 aromatic carbocycles. The van der Waals surface area contributed by atoms with E-state index in [1.807, 2.05) is 0 Å². The zero-order valence-corrected chi connectivity index (χ0v) is 12.8. The minimum absolute atomic E-state index is 0.0436. The first-order chi connectivity index (χ1) is 8.00. The van der Waals surface area contributed by atoms with Crippen molar-refractivity contribution in [1.82, 2.24) is 9.88 Å². The lowest BCUT2D eigenvalue weighted by Crippen LogP contribution is -2.39. The quantitative estimate of drug-likeness (QED) is 0.917. The number of carbonyl (C=O) groups is 1. The number of likely N-dealkylation sites (N-methyl/N-ethyl adjacent to an activating group) is 1. The summed E-state index contributed by atoms with van der Waals surface area (Å²) >= 11 is 1.42. The molecule has 1 aromatic heterocycles. The van der Waals surface area contributed by atoms with Gasteiger partial charge < -0.3 is 10.0 Å². The van der Waals surface area contributed by atoms with Gasteiger partial charge >= 0.3 is 0 Å². The number of aliphatic hydroxyl groups is 1. The van der Waals surface area contributed by atoms with Crippen LogP contribution < -0.4 is 0 Å². The molecule has 0 saturated carbocycles. The number of hydrogen-bond acceptors (Lipinski definition) is 4. The second kappa shape index (κ2) is 4.97. The summed E-state index contributed by atoms with van der Waals surface area (Å²) in [6.07, 6.45) is 1.62. The van der Waals surface area contributed by atoms with Crippen LogP contribution in [0.5, 0.6) is 0 Å². The first kappa shape index (κ1) is 15.1. The minimum Gasteiger partial charge on any atom is -0.389 e. The number of thiazole rings is 1. The molecule has 0 saturated heterocycles. The molecule has 18 heavy (non-hydrogen) atoms. The minimum atomic E-state index is -0.887. The van der Waals surface area contributed by atoms with Gasteiger partial charge in [-0.25, -0.2) is 4.98 Å². The molecule has 0 atom stereocenters. The predicted octanol–water partition coefficient (Wildman–Crippen LogP) is 2.28. The summed E-state index contributed by atoms with van der Waals surface area (Å²) in [4.78, 5) is 18.6. The van der Waals surface area contributed by atoms with Gasteiger partial charge in [-0.05, 0) is 13.8 Å². The summed E-state index contributed by atoms with van der Waals surface area (Å²) in [7, 11) is 1.69. The van der Waals surface area contributed by atoms with E-state index < -0.39 is 5.60 Å². The van der Waals surface area contributed by atoms with Gasteiger partial charge in [0.1, 0.15) is 4.88 Å². The molecule has 0 spiro atoms. The zero-order chi connectivity index (χ0) is 14.1. The van der Waals surface area contributed by atoms with Crippen LogP contribution in [-0.2, 0) is 5.41 Å². The largest absolute Gasteiger partial charge is 0.389 e. The lowest BCUT2D eigenvalue weighted by Gasteiger charge is -2.25. The van der Waals surface area contributed by atoms with Crippen LogP contribution in [0.4, 0.5) is 0 Å². The van der Waals surface area contributed by atoms with Gasteiger partial charge in [0, 0.05) is 19.0 Å². The number of amides is 1. The van der Waals surface area contributed by atoms with Crippen LogP contribution in [0.15, 0.2) is 6.20 Å². The molecule has 0 radical (unpaired) electrons. The number of nitrogens with zero attached hydrogens (tertiary/aromatic N) is 2. The molecule has 5 heteroatoms. The molecule has 1 N–H and O–H groups in total. The summed E-state index contributed by atoms with van der Waals surface area (Å²) in [5.41, 5.74) is -0.931. The standard InChI is InChI=1S/C13H22N2O2S/c1-12(2,3)11-14-7-9(18-11)10(16)15(6)8-13(4,5)17/h7,17H,8H2,1-6H3. The third-order valence-electron chi connectivity index (χ3n) is 2.33. The van der Waals surface area contributed by atoms with Gasteiger partial charge in [-0.3, -0.25) is 4.79 Å². The van der Waals surface area contributed by atoms with Crippen LogP contribution >= 0.6 is 11.3 Å². The first-order valence-electron chi connectivity index (χ1n) is 5.95. The van der Waals surface area contributed by atoms with Gasteiger partial charge in [0.05, 0.1) is 16.8 Å². The van der Waals surface area contributed by atoms with E-state index in [1.54, 1.807) is 27.1 Å². The van der Waals surface area contributed by atoms with E-state index in [-0.39, 0.29) is 11.3 Å². The van der Waals surface area contributed by atoms with E-state index in [4.69, 9.17) is 0 Å². The monoisotopic (exact) mass is 270 g/mol.